The van der Waals surface area contributed by atoms with E-state index in [1.807, 2.05) is 0 Å². The standard InChI is InChI=1S/C25H23OP/c1-25(2,3)27-16-26-22-14-8-13-21(24(22)27)23-19-11-6-4-9-17(19)15-18-10-5-7-12-20(18)23/h4-15H,16H2,1-3H3/t27-/m1/s1. The molecule has 1 aliphatic heterocycles. The van der Waals surface area contributed by atoms with Crippen molar-refractivity contribution in [2.45, 2.75) is 25.9 Å². The van der Waals surface area contributed by atoms with Gasteiger partial charge in [-0.15, -0.1) is 0 Å². The van der Waals surface area contributed by atoms with Crippen molar-refractivity contribution in [3.8, 4) is 16.9 Å². The van der Waals surface area contributed by atoms with E-state index in [0.29, 0.717) is 0 Å². The highest BCUT2D eigenvalue weighted by Crippen LogP contribution is 2.56. The molecule has 0 saturated carbocycles. The number of ether oxygens (including phenoxy) is 1. The molecule has 0 unspecified atom stereocenters. The third-order valence-corrected chi connectivity index (χ3v) is 8.48. The average molecular weight is 370 g/mol. The van der Waals surface area contributed by atoms with Gasteiger partial charge in [-0.25, -0.2) is 0 Å². The molecule has 4 aromatic carbocycles. The van der Waals surface area contributed by atoms with Gasteiger partial charge in [0.15, 0.2) is 0 Å². The molecular weight excluding hydrogens is 347 g/mol. The summed E-state index contributed by atoms with van der Waals surface area (Å²) in [6.45, 7) is 7.03. The number of rotatable bonds is 1. The number of hydrogen-bond donors (Lipinski definition) is 0. The summed E-state index contributed by atoms with van der Waals surface area (Å²) in [5.41, 5.74) is 2.70. The first-order valence-corrected chi connectivity index (χ1v) is 11.0. The molecule has 4 aromatic rings. The predicted octanol–water partition coefficient (Wildman–Crippen LogP) is 6.92. The Morgan fingerprint density at radius 1 is 0.778 bits per heavy atom. The van der Waals surface area contributed by atoms with E-state index in [2.05, 4.69) is 93.6 Å². The lowest BCUT2D eigenvalue weighted by Gasteiger charge is -2.28. The van der Waals surface area contributed by atoms with Crippen LogP contribution in [0.3, 0.4) is 0 Å². The zero-order chi connectivity index (χ0) is 18.6. The molecule has 0 N–H and O–H groups in total. The lowest BCUT2D eigenvalue weighted by molar-refractivity contribution is 0.400. The molecule has 0 amide bonds. The summed E-state index contributed by atoms with van der Waals surface area (Å²) in [6, 6.07) is 26.4. The van der Waals surface area contributed by atoms with Gasteiger partial charge >= 0.3 is 0 Å². The Kier molecular flexibility index (Phi) is 3.78. The van der Waals surface area contributed by atoms with E-state index in [1.54, 1.807) is 0 Å². The molecule has 1 aliphatic rings. The van der Waals surface area contributed by atoms with Crippen molar-refractivity contribution >= 4 is 34.8 Å². The second-order valence-corrected chi connectivity index (χ2v) is 11.1. The van der Waals surface area contributed by atoms with Crippen molar-refractivity contribution in [1.29, 1.82) is 0 Å². The Hall–Kier alpha value is -2.37. The number of fused-ring (bicyclic) bond motifs is 3. The van der Waals surface area contributed by atoms with Crippen LogP contribution in [0.1, 0.15) is 20.8 Å². The summed E-state index contributed by atoms with van der Waals surface area (Å²) >= 11 is 0. The molecule has 5 rings (SSSR count). The van der Waals surface area contributed by atoms with Gasteiger partial charge in [0.2, 0.25) is 0 Å². The molecule has 0 spiro atoms. The zero-order valence-corrected chi connectivity index (χ0v) is 16.9. The van der Waals surface area contributed by atoms with Gasteiger partial charge in [-0.1, -0.05) is 81.4 Å². The predicted molar refractivity (Wildman–Crippen MR) is 119 cm³/mol. The van der Waals surface area contributed by atoms with E-state index in [0.717, 1.165) is 12.1 Å². The lowest BCUT2D eigenvalue weighted by Crippen LogP contribution is -2.19. The van der Waals surface area contributed by atoms with E-state index in [9.17, 15) is 0 Å². The largest absolute Gasteiger partial charge is 0.488 e. The van der Waals surface area contributed by atoms with Gasteiger partial charge in [0.1, 0.15) is 12.1 Å². The maximum atomic E-state index is 6.15. The smallest absolute Gasteiger partial charge is 0.128 e. The molecule has 1 nitrogen and oxygen atoms in total. The number of hydrogen-bond acceptors (Lipinski definition) is 1. The Bertz CT molecular complexity index is 1120. The molecule has 0 fully saturated rings. The van der Waals surface area contributed by atoms with Crippen LogP contribution in [0, 0.1) is 0 Å². The van der Waals surface area contributed by atoms with Gasteiger partial charge in [-0.2, -0.15) is 0 Å². The number of benzene rings is 4. The van der Waals surface area contributed by atoms with Crippen LogP contribution in [0.2, 0.25) is 0 Å². The fraction of sp³-hybridized carbons (Fsp3) is 0.200. The summed E-state index contributed by atoms with van der Waals surface area (Å²) < 4.78 is 6.15. The van der Waals surface area contributed by atoms with Crippen molar-refractivity contribution in [2.24, 2.45) is 0 Å². The molecule has 0 saturated heterocycles. The third kappa shape index (κ3) is 2.65. The minimum Gasteiger partial charge on any atom is -0.488 e. The second-order valence-electron chi connectivity index (χ2n) is 8.22. The van der Waals surface area contributed by atoms with E-state index in [1.165, 1.54) is 38.0 Å². The first kappa shape index (κ1) is 16.8. The van der Waals surface area contributed by atoms with Crippen LogP contribution in [0.15, 0.2) is 72.8 Å². The lowest BCUT2D eigenvalue weighted by atomic mass is 9.92. The minimum atomic E-state index is -0.379. The first-order chi connectivity index (χ1) is 13.0. The fourth-order valence-electron chi connectivity index (χ4n) is 4.15. The fourth-order valence-corrected chi connectivity index (χ4v) is 6.49. The summed E-state index contributed by atoms with van der Waals surface area (Å²) in [5.74, 6) is 1.07. The Morgan fingerprint density at radius 3 is 2.04 bits per heavy atom. The maximum Gasteiger partial charge on any atom is 0.128 e. The summed E-state index contributed by atoms with van der Waals surface area (Å²) in [4.78, 5) is 0. The van der Waals surface area contributed by atoms with E-state index in [4.69, 9.17) is 4.74 Å². The van der Waals surface area contributed by atoms with Crippen LogP contribution in [0.4, 0.5) is 0 Å². The first-order valence-electron chi connectivity index (χ1n) is 9.48. The van der Waals surface area contributed by atoms with Crippen LogP contribution >= 0.6 is 7.92 Å². The van der Waals surface area contributed by atoms with Gasteiger partial charge in [0.25, 0.3) is 0 Å². The topological polar surface area (TPSA) is 9.23 Å². The SMILES string of the molecule is CC(C)(C)[P@]1COc2cccc(-c3c4ccccc4cc4ccccc34)c21. The van der Waals surface area contributed by atoms with Crippen molar-refractivity contribution in [3.63, 3.8) is 0 Å². The molecule has 0 aromatic heterocycles. The van der Waals surface area contributed by atoms with Gasteiger partial charge < -0.3 is 4.74 Å². The average Bonchev–Trinajstić information content (AvgIpc) is 3.11. The highest BCUT2D eigenvalue weighted by molar-refractivity contribution is 7.67. The van der Waals surface area contributed by atoms with Crippen molar-refractivity contribution in [1.82, 2.24) is 0 Å². The Balaban J connectivity index is 1.92. The molecule has 0 bridgehead atoms. The Morgan fingerprint density at radius 2 is 1.41 bits per heavy atom. The highest BCUT2D eigenvalue weighted by atomic mass is 31.1. The summed E-state index contributed by atoms with van der Waals surface area (Å²) in [7, 11) is -0.379. The Labute approximate surface area is 161 Å². The summed E-state index contributed by atoms with van der Waals surface area (Å²) in [6.07, 6.45) is 0.827. The maximum absolute atomic E-state index is 6.15. The van der Waals surface area contributed by atoms with Crippen molar-refractivity contribution in [2.75, 3.05) is 6.35 Å². The van der Waals surface area contributed by atoms with Gasteiger partial charge in [-0.05, 0) is 57.9 Å². The quantitative estimate of drug-likeness (QED) is 0.261. The molecule has 27 heavy (non-hydrogen) atoms. The van der Waals surface area contributed by atoms with Crippen molar-refractivity contribution < 1.29 is 4.74 Å². The molecule has 1 heterocycles. The van der Waals surface area contributed by atoms with E-state index in [-0.39, 0.29) is 13.1 Å². The third-order valence-electron chi connectivity index (χ3n) is 5.47. The molecular formula is C25H23OP. The van der Waals surface area contributed by atoms with Gasteiger partial charge in [0.05, 0.1) is 0 Å². The molecule has 134 valence electrons. The zero-order valence-electron chi connectivity index (χ0n) is 16.0. The molecule has 2 heteroatoms. The van der Waals surface area contributed by atoms with Crippen LogP contribution in [-0.4, -0.2) is 11.5 Å². The molecule has 0 radical (unpaired) electrons. The van der Waals surface area contributed by atoms with Crippen LogP contribution in [-0.2, 0) is 0 Å². The van der Waals surface area contributed by atoms with Crippen LogP contribution < -0.4 is 10.0 Å². The van der Waals surface area contributed by atoms with Crippen LogP contribution in [0.5, 0.6) is 5.75 Å². The minimum absolute atomic E-state index is 0.219. The summed E-state index contributed by atoms with van der Waals surface area (Å²) in [5, 5.41) is 6.88. The normalized spacial score (nSPS) is 16.5. The molecule has 0 aliphatic carbocycles. The molecule has 1 atom stereocenters. The highest BCUT2D eigenvalue weighted by Gasteiger charge is 2.36. The van der Waals surface area contributed by atoms with Crippen LogP contribution in [0.25, 0.3) is 32.7 Å². The van der Waals surface area contributed by atoms with E-state index < -0.39 is 0 Å². The second kappa shape index (κ2) is 6.08. The van der Waals surface area contributed by atoms with Gasteiger partial charge in [-0.3, -0.25) is 0 Å². The van der Waals surface area contributed by atoms with Gasteiger partial charge in [0, 0.05) is 5.30 Å². The monoisotopic (exact) mass is 370 g/mol. The van der Waals surface area contributed by atoms with E-state index >= 15 is 0 Å². The van der Waals surface area contributed by atoms with Crippen molar-refractivity contribution in [3.05, 3.63) is 72.8 Å².